The summed E-state index contributed by atoms with van der Waals surface area (Å²) in [5.74, 6) is 0. The maximum atomic E-state index is 4.79. The fraction of sp³-hybridized carbons (Fsp3) is 0.583. The van der Waals surface area contributed by atoms with Crippen LogP contribution in [0.15, 0.2) is 0 Å². The number of fused-ring (bicyclic) bond motifs is 2. The van der Waals surface area contributed by atoms with Gasteiger partial charge in [-0.3, -0.25) is 4.98 Å². The molecule has 0 N–H and O–H groups in total. The van der Waals surface area contributed by atoms with E-state index in [9.17, 15) is 0 Å². The minimum absolute atomic E-state index is 1.23. The van der Waals surface area contributed by atoms with Crippen LogP contribution in [0.2, 0.25) is 0 Å². The number of hydrogen-bond acceptors (Lipinski definition) is 1. The molecule has 0 atom stereocenters. The Morgan fingerprint density at radius 1 is 0.846 bits per heavy atom. The van der Waals surface area contributed by atoms with Gasteiger partial charge >= 0.3 is 0 Å². The molecule has 1 nitrogen and oxygen atoms in total. The molecule has 0 spiro atoms. The minimum atomic E-state index is 1.23. The highest BCUT2D eigenvalue weighted by Crippen LogP contribution is 2.31. The van der Waals surface area contributed by atoms with Crippen molar-refractivity contribution >= 4 is 0 Å². The molecule has 0 radical (unpaired) electrons. The summed E-state index contributed by atoms with van der Waals surface area (Å²) in [6, 6.07) is 0. The molecule has 13 heavy (non-hydrogen) atoms. The van der Waals surface area contributed by atoms with E-state index in [-0.39, 0.29) is 0 Å². The van der Waals surface area contributed by atoms with Crippen molar-refractivity contribution in [2.45, 2.75) is 45.4 Å². The van der Waals surface area contributed by atoms with Crippen LogP contribution in [0.1, 0.15) is 40.9 Å². The summed E-state index contributed by atoms with van der Waals surface area (Å²) in [4.78, 5) is 4.79. The third kappa shape index (κ3) is 0.962. The second kappa shape index (κ2) is 2.57. The molecule has 2 aliphatic carbocycles. The summed E-state index contributed by atoms with van der Waals surface area (Å²) in [7, 11) is 0. The Morgan fingerprint density at radius 3 is 1.92 bits per heavy atom. The van der Waals surface area contributed by atoms with Gasteiger partial charge in [-0.05, 0) is 62.1 Å². The van der Waals surface area contributed by atoms with E-state index in [0.29, 0.717) is 0 Å². The van der Waals surface area contributed by atoms with Crippen molar-refractivity contribution in [2.24, 2.45) is 0 Å². The highest BCUT2D eigenvalue weighted by Gasteiger charge is 2.22. The molecule has 68 valence electrons. The first kappa shape index (κ1) is 7.54. The predicted octanol–water partition coefficient (Wildman–Crippen LogP) is 2.37. The van der Waals surface area contributed by atoms with Gasteiger partial charge in [0.25, 0.3) is 0 Å². The number of aryl methyl sites for hydroxylation is 2. The summed E-state index contributed by atoms with van der Waals surface area (Å²) in [5.41, 5.74) is 7.58. The molecule has 0 fully saturated rings. The lowest BCUT2D eigenvalue weighted by Gasteiger charge is -2.09. The molecule has 0 amide bonds. The standard InChI is InChI=1S/C12H15N/c1-8-9-4-2-6-11(9)13-12-7-3-5-10(8)12/h2-7H2,1H3. The number of pyridine rings is 1. The van der Waals surface area contributed by atoms with Crippen molar-refractivity contribution in [3.05, 3.63) is 28.1 Å². The van der Waals surface area contributed by atoms with Crippen LogP contribution in [0, 0.1) is 6.92 Å². The maximum absolute atomic E-state index is 4.79. The van der Waals surface area contributed by atoms with E-state index >= 15 is 0 Å². The van der Waals surface area contributed by atoms with Gasteiger partial charge < -0.3 is 0 Å². The van der Waals surface area contributed by atoms with Crippen molar-refractivity contribution < 1.29 is 0 Å². The molecule has 2 aliphatic rings. The SMILES string of the molecule is Cc1c2c(nc3c1CCC3)CCC2. The van der Waals surface area contributed by atoms with Crippen LogP contribution in [0.3, 0.4) is 0 Å². The van der Waals surface area contributed by atoms with E-state index in [2.05, 4.69) is 6.92 Å². The van der Waals surface area contributed by atoms with Gasteiger partial charge in [-0.25, -0.2) is 0 Å². The van der Waals surface area contributed by atoms with Gasteiger partial charge in [0.2, 0.25) is 0 Å². The molecule has 0 unspecified atom stereocenters. The quantitative estimate of drug-likeness (QED) is 0.587. The molecule has 1 heteroatoms. The lowest BCUT2D eigenvalue weighted by molar-refractivity contribution is 0.871. The smallest absolute Gasteiger partial charge is 0.0441 e. The lowest BCUT2D eigenvalue weighted by atomic mass is 10.0. The zero-order valence-electron chi connectivity index (χ0n) is 8.19. The fourth-order valence-electron chi connectivity index (χ4n) is 2.86. The average molecular weight is 173 g/mol. The van der Waals surface area contributed by atoms with Crippen LogP contribution in [0.4, 0.5) is 0 Å². The van der Waals surface area contributed by atoms with E-state index in [1.165, 1.54) is 49.9 Å². The normalized spacial score (nSPS) is 18.8. The molecule has 0 bridgehead atoms. The molecule has 1 heterocycles. The van der Waals surface area contributed by atoms with E-state index in [1.807, 2.05) is 0 Å². The largest absolute Gasteiger partial charge is 0.257 e. The van der Waals surface area contributed by atoms with Crippen LogP contribution >= 0.6 is 0 Å². The Bertz CT molecular complexity index is 334. The second-order valence-corrected chi connectivity index (χ2v) is 4.29. The van der Waals surface area contributed by atoms with E-state index in [1.54, 1.807) is 16.7 Å². The number of nitrogens with zero attached hydrogens (tertiary/aromatic N) is 1. The maximum Gasteiger partial charge on any atom is 0.0441 e. The Labute approximate surface area is 79.2 Å². The first-order chi connectivity index (χ1) is 6.36. The van der Waals surface area contributed by atoms with Gasteiger partial charge in [0.15, 0.2) is 0 Å². The van der Waals surface area contributed by atoms with Crippen LogP contribution < -0.4 is 0 Å². The molecule has 3 rings (SSSR count). The summed E-state index contributed by atoms with van der Waals surface area (Å²) < 4.78 is 0. The number of hydrogen-bond donors (Lipinski definition) is 0. The van der Waals surface area contributed by atoms with Crippen molar-refractivity contribution in [3.63, 3.8) is 0 Å². The number of aromatic nitrogens is 1. The lowest BCUT2D eigenvalue weighted by Crippen LogP contribution is -2.00. The molecule has 0 aromatic carbocycles. The molecule has 0 aliphatic heterocycles. The summed E-state index contributed by atoms with van der Waals surface area (Å²) in [6.07, 6.45) is 7.66. The first-order valence-electron chi connectivity index (χ1n) is 5.36. The van der Waals surface area contributed by atoms with Gasteiger partial charge in [0, 0.05) is 11.4 Å². The molecular formula is C12H15N. The molecular weight excluding hydrogens is 158 g/mol. The van der Waals surface area contributed by atoms with Crippen molar-refractivity contribution in [2.75, 3.05) is 0 Å². The third-order valence-corrected chi connectivity index (χ3v) is 3.55. The van der Waals surface area contributed by atoms with Crippen LogP contribution in [-0.2, 0) is 25.7 Å². The Morgan fingerprint density at radius 2 is 1.38 bits per heavy atom. The minimum Gasteiger partial charge on any atom is -0.257 e. The topological polar surface area (TPSA) is 12.9 Å². The van der Waals surface area contributed by atoms with Crippen LogP contribution in [-0.4, -0.2) is 4.98 Å². The molecule has 0 saturated carbocycles. The zero-order valence-corrected chi connectivity index (χ0v) is 8.19. The highest BCUT2D eigenvalue weighted by molar-refractivity contribution is 5.43. The Hall–Kier alpha value is -0.850. The molecule has 1 aromatic heterocycles. The Kier molecular flexibility index (Phi) is 1.49. The van der Waals surface area contributed by atoms with Crippen LogP contribution in [0.25, 0.3) is 0 Å². The predicted molar refractivity (Wildman–Crippen MR) is 53.0 cm³/mol. The highest BCUT2D eigenvalue weighted by atomic mass is 14.7. The van der Waals surface area contributed by atoms with Crippen molar-refractivity contribution in [1.29, 1.82) is 0 Å². The summed E-state index contributed by atoms with van der Waals surface area (Å²) >= 11 is 0. The van der Waals surface area contributed by atoms with E-state index in [0.717, 1.165) is 0 Å². The molecule has 1 aromatic rings. The van der Waals surface area contributed by atoms with Gasteiger partial charge in [-0.1, -0.05) is 0 Å². The van der Waals surface area contributed by atoms with Crippen LogP contribution in [0.5, 0.6) is 0 Å². The second-order valence-electron chi connectivity index (χ2n) is 4.29. The summed E-state index contributed by atoms with van der Waals surface area (Å²) in [6.45, 7) is 2.30. The van der Waals surface area contributed by atoms with Crippen molar-refractivity contribution in [3.8, 4) is 0 Å². The van der Waals surface area contributed by atoms with Gasteiger partial charge in [-0.2, -0.15) is 0 Å². The van der Waals surface area contributed by atoms with Crippen molar-refractivity contribution in [1.82, 2.24) is 4.98 Å². The molecule has 0 saturated heterocycles. The van der Waals surface area contributed by atoms with E-state index in [4.69, 9.17) is 4.98 Å². The monoisotopic (exact) mass is 173 g/mol. The third-order valence-electron chi connectivity index (χ3n) is 3.55. The Balaban J connectivity index is 2.26. The van der Waals surface area contributed by atoms with Gasteiger partial charge in [-0.15, -0.1) is 0 Å². The van der Waals surface area contributed by atoms with Gasteiger partial charge in [0.1, 0.15) is 0 Å². The fourth-order valence-corrected chi connectivity index (χ4v) is 2.86. The van der Waals surface area contributed by atoms with Gasteiger partial charge in [0.05, 0.1) is 0 Å². The zero-order chi connectivity index (χ0) is 8.84. The number of rotatable bonds is 0. The first-order valence-corrected chi connectivity index (χ1v) is 5.36. The average Bonchev–Trinajstić information content (AvgIpc) is 2.71. The van der Waals surface area contributed by atoms with E-state index < -0.39 is 0 Å². The summed E-state index contributed by atoms with van der Waals surface area (Å²) in [5, 5.41) is 0.